The maximum Gasteiger partial charge on any atom is 0.0957 e. The maximum absolute atomic E-state index is 5.81. The fourth-order valence-electron chi connectivity index (χ4n) is 1.22. The second-order valence-corrected chi connectivity index (χ2v) is 4.44. The van der Waals surface area contributed by atoms with Crippen molar-refractivity contribution in [2.24, 2.45) is 5.73 Å². The van der Waals surface area contributed by atoms with E-state index in [-0.39, 0.29) is 5.54 Å². The largest absolute Gasteiger partial charge is 0.329 e. The molecular weight excluding hydrogens is 112 g/mol. The van der Waals surface area contributed by atoms with Crippen LogP contribution in [0.2, 0.25) is 0 Å². The first kappa shape index (κ1) is 8.92. The summed E-state index contributed by atoms with van der Waals surface area (Å²) in [7, 11) is 6.44. The maximum atomic E-state index is 5.81. The third-order valence-corrected chi connectivity index (χ3v) is 0.882. The van der Waals surface area contributed by atoms with Crippen LogP contribution in [0, 0.1) is 0 Å². The van der Waals surface area contributed by atoms with Crippen LogP contribution in [0.15, 0.2) is 0 Å². The van der Waals surface area contributed by atoms with E-state index in [0.717, 1.165) is 11.0 Å². The molecule has 0 aliphatic heterocycles. The number of quaternary nitrogens is 1. The van der Waals surface area contributed by atoms with Crippen molar-refractivity contribution < 1.29 is 4.48 Å². The summed E-state index contributed by atoms with van der Waals surface area (Å²) in [5, 5.41) is 0. The normalized spacial score (nSPS) is 14.0. The molecule has 0 saturated carbocycles. The van der Waals surface area contributed by atoms with E-state index in [9.17, 15) is 0 Å². The van der Waals surface area contributed by atoms with Gasteiger partial charge in [-0.3, -0.25) is 0 Å². The van der Waals surface area contributed by atoms with Crippen molar-refractivity contribution >= 4 is 0 Å². The topological polar surface area (TPSA) is 26.0 Å². The lowest BCUT2D eigenvalue weighted by molar-refractivity contribution is -0.873. The molecule has 56 valence electrons. The van der Waals surface area contributed by atoms with E-state index in [1.54, 1.807) is 0 Å². The second-order valence-electron chi connectivity index (χ2n) is 4.44. The summed E-state index contributed by atoms with van der Waals surface area (Å²) in [6.45, 7) is 5.11. The fraction of sp³-hybridized carbons (Fsp3) is 1.00. The van der Waals surface area contributed by atoms with Gasteiger partial charge in [-0.1, -0.05) is 0 Å². The molecule has 0 atom stereocenters. The molecule has 0 amide bonds. The Morgan fingerprint density at radius 2 is 1.56 bits per heavy atom. The van der Waals surface area contributed by atoms with Crippen LogP contribution in [0.5, 0.6) is 0 Å². The lowest BCUT2D eigenvalue weighted by Crippen LogP contribution is -2.50. The van der Waals surface area contributed by atoms with Gasteiger partial charge in [-0.25, -0.2) is 0 Å². The molecule has 0 rings (SSSR count). The standard InChI is InChI=1S/C7H19N2/c1-7(2,8)6-9(3,4)5/h6,8H2,1-5H3/q+1. The second kappa shape index (κ2) is 2.27. The Hall–Kier alpha value is -0.0800. The third kappa shape index (κ3) is 7.92. The molecule has 9 heavy (non-hydrogen) atoms. The fourth-order valence-corrected chi connectivity index (χ4v) is 1.22. The number of likely N-dealkylation sites (N-methyl/N-ethyl adjacent to an activating group) is 1. The Morgan fingerprint density at radius 1 is 1.22 bits per heavy atom. The summed E-state index contributed by atoms with van der Waals surface area (Å²) in [6, 6.07) is 0. The molecule has 0 spiro atoms. The molecule has 0 bridgehead atoms. The zero-order valence-corrected chi connectivity index (χ0v) is 7.23. The predicted octanol–water partition coefficient (Wildman–Crippen LogP) is 0.430. The van der Waals surface area contributed by atoms with E-state index in [1.807, 2.05) is 0 Å². The molecule has 2 nitrogen and oxygen atoms in total. The SMILES string of the molecule is CC(C)(N)C[N+](C)(C)C. The van der Waals surface area contributed by atoms with Gasteiger partial charge in [-0.2, -0.15) is 0 Å². The van der Waals surface area contributed by atoms with Gasteiger partial charge >= 0.3 is 0 Å². The number of hydrogen-bond donors (Lipinski definition) is 1. The van der Waals surface area contributed by atoms with Gasteiger partial charge in [0.05, 0.1) is 33.2 Å². The van der Waals surface area contributed by atoms with Crippen LogP contribution in [0.3, 0.4) is 0 Å². The predicted molar refractivity (Wildman–Crippen MR) is 41.2 cm³/mol. The van der Waals surface area contributed by atoms with Gasteiger partial charge < -0.3 is 10.2 Å². The van der Waals surface area contributed by atoms with Crippen LogP contribution in [0.4, 0.5) is 0 Å². The highest BCUT2D eigenvalue weighted by Crippen LogP contribution is 2.02. The van der Waals surface area contributed by atoms with Crippen LogP contribution in [0.1, 0.15) is 13.8 Å². The molecule has 0 heterocycles. The van der Waals surface area contributed by atoms with E-state index in [1.165, 1.54) is 0 Å². The molecule has 0 saturated heterocycles. The summed E-state index contributed by atoms with van der Waals surface area (Å²) in [5.41, 5.74) is 5.76. The summed E-state index contributed by atoms with van der Waals surface area (Å²) in [4.78, 5) is 0. The van der Waals surface area contributed by atoms with Crippen LogP contribution in [-0.2, 0) is 0 Å². The number of nitrogens with zero attached hydrogens (tertiary/aromatic N) is 1. The molecule has 0 fully saturated rings. The van der Waals surface area contributed by atoms with E-state index in [0.29, 0.717) is 0 Å². The Bertz CT molecular complexity index is 72.1. The van der Waals surface area contributed by atoms with Crippen molar-refractivity contribution in [1.29, 1.82) is 0 Å². The molecule has 2 heteroatoms. The quantitative estimate of drug-likeness (QED) is 0.540. The first-order chi connectivity index (χ1) is 3.71. The smallest absolute Gasteiger partial charge is 0.0957 e. The Kier molecular flexibility index (Phi) is 2.25. The van der Waals surface area contributed by atoms with Gasteiger partial charge in [0.25, 0.3) is 0 Å². The van der Waals surface area contributed by atoms with Gasteiger partial charge in [-0.05, 0) is 13.8 Å². The minimum Gasteiger partial charge on any atom is -0.329 e. The minimum absolute atomic E-state index is 0.0434. The first-order valence-corrected chi connectivity index (χ1v) is 3.30. The lowest BCUT2D eigenvalue weighted by Gasteiger charge is -2.31. The highest BCUT2D eigenvalue weighted by Gasteiger charge is 2.20. The molecule has 0 radical (unpaired) electrons. The van der Waals surface area contributed by atoms with Gasteiger partial charge in [0.15, 0.2) is 0 Å². The molecular formula is C7H19N2+. The summed E-state index contributed by atoms with van der Waals surface area (Å²) in [6.07, 6.45) is 0. The summed E-state index contributed by atoms with van der Waals surface area (Å²) < 4.78 is 0.934. The zero-order valence-electron chi connectivity index (χ0n) is 7.23. The average molecular weight is 131 g/mol. The molecule has 0 aromatic heterocycles. The highest BCUT2D eigenvalue weighted by molar-refractivity contribution is 4.69. The summed E-state index contributed by atoms with van der Waals surface area (Å²) >= 11 is 0. The van der Waals surface area contributed by atoms with E-state index in [2.05, 4.69) is 35.0 Å². The minimum atomic E-state index is -0.0434. The van der Waals surface area contributed by atoms with Gasteiger partial charge in [0, 0.05) is 0 Å². The molecule has 0 aromatic carbocycles. The lowest BCUT2D eigenvalue weighted by atomic mass is 10.1. The van der Waals surface area contributed by atoms with E-state index >= 15 is 0 Å². The Morgan fingerprint density at radius 3 is 1.56 bits per heavy atom. The highest BCUT2D eigenvalue weighted by atomic mass is 15.3. The number of nitrogens with two attached hydrogens (primary N) is 1. The van der Waals surface area contributed by atoms with Gasteiger partial charge in [0.2, 0.25) is 0 Å². The molecule has 0 unspecified atom stereocenters. The average Bonchev–Trinajstić information content (AvgIpc) is 1.14. The van der Waals surface area contributed by atoms with Crippen molar-refractivity contribution in [3.63, 3.8) is 0 Å². The number of rotatable bonds is 2. The van der Waals surface area contributed by atoms with Gasteiger partial charge in [-0.15, -0.1) is 0 Å². The van der Waals surface area contributed by atoms with Crippen molar-refractivity contribution in [1.82, 2.24) is 0 Å². The van der Waals surface area contributed by atoms with Crippen molar-refractivity contribution in [3.8, 4) is 0 Å². The third-order valence-electron chi connectivity index (χ3n) is 0.882. The zero-order chi connectivity index (χ0) is 7.71. The first-order valence-electron chi connectivity index (χ1n) is 3.30. The molecule has 0 aliphatic carbocycles. The Labute approximate surface area is 58.2 Å². The monoisotopic (exact) mass is 131 g/mol. The molecule has 0 aliphatic rings. The van der Waals surface area contributed by atoms with E-state index < -0.39 is 0 Å². The molecule has 0 aromatic rings. The van der Waals surface area contributed by atoms with Crippen molar-refractivity contribution in [2.75, 3.05) is 27.7 Å². The Balaban J connectivity index is 3.75. The van der Waals surface area contributed by atoms with Crippen molar-refractivity contribution in [2.45, 2.75) is 19.4 Å². The van der Waals surface area contributed by atoms with Crippen LogP contribution in [0.25, 0.3) is 0 Å². The number of hydrogen-bond acceptors (Lipinski definition) is 1. The summed E-state index contributed by atoms with van der Waals surface area (Å²) in [5.74, 6) is 0. The van der Waals surface area contributed by atoms with Crippen molar-refractivity contribution in [3.05, 3.63) is 0 Å². The molecule has 2 N–H and O–H groups in total. The van der Waals surface area contributed by atoms with E-state index in [4.69, 9.17) is 5.73 Å². The van der Waals surface area contributed by atoms with Crippen LogP contribution >= 0.6 is 0 Å². The van der Waals surface area contributed by atoms with Gasteiger partial charge in [0.1, 0.15) is 0 Å². The van der Waals surface area contributed by atoms with Crippen LogP contribution < -0.4 is 5.73 Å². The van der Waals surface area contributed by atoms with Crippen LogP contribution in [-0.4, -0.2) is 37.7 Å².